The quantitative estimate of drug-likeness (QED) is 0.165. The van der Waals surface area contributed by atoms with Gasteiger partial charge in [0.2, 0.25) is 11.9 Å². The van der Waals surface area contributed by atoms with Crippen molar-refractivity contribution in [3.63, 3.8) is 0 Å². The van der Waals surface area contributed by atoms with Crippen LogP contribution < -0.4 is 10.2 Å². The molecule has 1 amide bonds. The topological polar surface area (TPSA) is 103 Å². The summed E-state index contributed by atoms with van der Waals surface area (Å²) < 4.78 is 60.9. The van der Waals surface area contributed by atoms with Crippen LogP contribution in [0.1, 0.15) is 66.8 Å². The van der Waals surface area contributed by atoms with Crippen LogP contribution >= 0.6 is 23.2 Å². The number of carbonyl (C=O) groups is 1. The van der Waals surface area contributed by atoms with E-state index >= 15 is 4.39 Å². The summed E-state index contributed by atoms with van der Waals surface area (Å²) in [6, 6.07) is 11.8. The van der Waals surface area contributed by atoms with Gasteiger partial charge < -0.3 is 19.7 Å². The first-order valence-corrected chi connectivity index (χ1v) is 19.9. The Morgan fingerprint density at radius 1 is 1.07 bits per heavy atom. The standard InChI is InChI=1S/C41H36Cl2F4N8O/c1-19-26-15-30(37-23-12-24(54(37)39(56)20-7-8-20)18-53(17-23)40-49-11-9-31(52-40)41(45,46)47)55(36-22-14-29(36)50-16-22)38(26)27-13-21(4-3-10-48)32(34(44)35(27)51-19)25-5-2-6-28(42)33(25)43/h2,5-6,9,11,13,15,20,22-24,29,36-37,50H,3-4,7-8,12,14,16-18H2,1H3/t22-,23+,24-,29-,36+,37-/m1/s1. The minimum absolute atomic E-state index is 0.00204. The molecule has 6 aliphatic rings. The molecule has 6 atom stereocenters. The molecule has 2 saturated carbocycles. The molecule has 288 valence electrons. The van der Waals surface area contributed by atoms with Gasteiger partial charge in [-0.15, -0.1) is 0 Å². The number of piperidine rings is 1. The molecule has 11 rings (SSSR count). The second-order valence-corrected chi connectivity index (χ2v) is 16.8. The predicted molar refractivity (Wildman–Crippen MR) is 204 cm³/mol. The number of aryl methyl sites for hydroxylation is 2. The molecule has 0 radical (unpaired) electrons. The highest BCUT2D eigenvalue weighted by atomic mass is 35.5. The minimum atomic E-state index is -4.62. The minimum Gasteiger partial charge on any atom is -0.338 e. The van der Waals surface area contributed by atoms with Crippen LogP contribution in [0.25, 0.3) is 32.9 Å². The number of aromatic nitrogens is 4. The largest absolute Gasteiger partial charge is 0.433 e. The average molecular weight is 804 g/mol. The maximum atomic E-state index is 17.3. The normalized spacial score (nSPS) is 25.6. The molecule has 1 N–H and O–H groups in total. The van der Waals surface area contributed by atoms with Crippen molar-refractivity contribution < 1.29 is 22.4 Å². The van der Waals surface area contributed by atoms with Crippen molar-refractivity contribution in [3.8, 4) is 17.2 Å². The van der Waals surface area contributed by atoms with Gasteiger partial charge in [-0.3, -0.25) is 4.79 Å². The number of pyridine rings is 1. The van der Waals surface area contributed by atoms with Crippen molar-refractivity contribution in [2.45, 2.75) is 75.8 Å². The van der Waals surface area contributed by atoms with Crippen molar-refractivity contribution in [2.24, 2.45) is 17.8 Å². The Morgan fingerprint density at radius 2 is 1.89 bits per heavy atom. The van der Waals surface area contributed by atoms with Gasteiger partial charge in [-0.2, -0.15) is 18.4 Å². The predicted octanol–water partition coefficient (Wildman–Crippen LogP) is 8.60. The zero-order chi connectivity index (χ0) is 38.8. The van der Waals surface area contributed by atoms with Crippen molar-refractivity contribution >= 4 is 56.9 Å². The number of nitriles is 1. The smallest absolute Gasteiger partial charge is 0.338 e. The van der Waals surface area contributed by atoms with E-state index in [1.165, 1.54) is 0 Å². The van der Waals surface area contributed by atoms with E-state index in [9.17, 15) is 23.2 Å². The fraction of sp³-hybridized carbons (Fsp3) is 0.439. The maximum Gasteiger partial charge on any atom is 0.433 e. The molecule has 4 bridgehead atoms. The highest BCUT2D eigenvalue weighted by Gasteiger charge is 2.55. The van der Waals surface area contributed by atoms with E-state index in [4.69, 9.17) is 28.2 Å². The molecule has 3 aromatic heterocycles. The molecule has 2 aliphatic carbocycles. The lowest BCUT2D eigenvalue weighted by molar-refractivity contribution is -0.141. The van der Waals surface area contributed by atoms with Crippen LogP contribution in [-0.4, -0.2) is 62.0 Å². The van der Waals surface area contributed by atoms with Gasteiger partial charge in [0.25, 0.3) is 0 Å². The van der Waals surface area contributed by atoms with Crippen LogP contribution in [0.15, 0.2) is 42.6 Å². The number of rotatable bonds is 7. The number of likely N-dealkylation sites (tertiary alicyclic amines) is 1. The zero-order valence-electron chi connectivity index (χ0n) is 30.3. The molecule has 7 heterocycles. The van der Waals surface area contributed by atoms with Crippen LogP contribution in [0.5, 0.6) is 0 Å². The fourth-order valence-corrected chi connectivity index (χ4v) is 10.5. The number of alkyl halides is 3. The number of hydrogen-bond acceptors (Lipinski definition) is 7. The van der Waals surface area contributed by atoms with Gasteiger partial charge in [0, 0.05) is 83.4 Å². The first-order chi connectivity index (χ1) is 26.9. The van der Waals surface area contributed by atoms with Gasteiger partial charge in [0.15, 0.2) is 5.82 Å². The maximum absolute atomic E-state index is 17.3. The third kappa shape index (κ3) is 5.50. The third-order valence-electron chi connectivity index (χ3n) is 12.7. The number of nitrogens with one attached hydrogen (secondary N) is 1. The first-order valence-electron chi connectivity index (χ1n) is 19.1. The summed E-state index contributed by atoms with van der Waals surface area (Å²) >= 11 is 13.1. The molecule has 0 unspecified atom stereocenters. The molecule has 56 heavy (non-hydrogen) atoms. The van der Waals surface area contributed by atoms with E-state index in [2.05, 4.69) is 32.0 Å². The van der Waals surface area contributed by atoms with Crippen LogP contribution in [0.2, 0.25) is 10.0 Å². The van der Waals surface area contributed by atoms with Crippen molar-refractivity contribution in [3.05, 3.63) is 81.1 Å². The number of anilines is 1. The lowest BCUT2D eigenvalue weighted by Gasteiger charge is -2.40. The van der Waals surface area contributed by atoms with E-state index in [1.54, 1.807) is 23.1 Å². The number of carbonyl (C=O) groups excluding carboxylic acids is 1. The van der Waals surface area contributed by atoms with Gasteiger partial charge in [-0.25, -0.2) is 19.3 Å². The number of nitrogens with zero attached hydrogens (tertiary/aromatic N) is 7. The number of halogens is 6. The Bertz CT molecular complexity index is 2500. The Balaban J connectivity index is 1.19. The van der Waals surface area contributed by atoms with Crippen molar-refractivity contribution in [1.29, 1.82) is 5.26 Å². The average Bonchev–Trinajstić information content (AvgIpc) is 3.46. The molecule has 15 heteroatoms. The summed E-state index contributed by atoms with van der Waals surface area (Å²) in [5, 5.41) is 15.2. The summed E-state index contributed by atoms with van der Waals surface area (Å²) in [5.74, 6) is -0.401. The lowest BCUT2D eigenvalue weighted by Crippen LogP contribution is -2.45. The Kier molecular flexibility index (Phi) is 8.33. The molecule has 2 aromatic carbocycles. The fourth-order valence-electron chi connectivity index (χ4n) is 10.1. The van der Waals surface area contributed by atoms with E-state index in [0.717, 1.165) is 54.7 Å². The number of fused-ring (bicyclic) bond motifs is 6. The Labute approximate surface area is 329 Å². The molecule has 4 aliphatic heterocycles. The first kappa shape index (κ1) is 35.9. The number of hydrogen-bond donors (Lipinski definition) is 1. The monoisotopic (exact) mass is 802 g/mol. The van der Waals surface area contributed by atoms with Gasteiger partial charge in [0.05, 0.1) is 39.8 Å². The SMILES string of the molecule is Cc1nc2c(F)c(-c3cccc(Cl)c3Cl)c(CCC#N)cc2c2c1cc([C@H]1[C@H]3C[C@H](CN(c4nccc(C(F)(F)F)n4)C3)N1C(=O)C1CC1)n2[C@H]1[C@H]2CN[C@@H]1C2. The van der Waals surface area contributed by atoms with Crippen LogP contribution in [0.4, 0.5) is 23.5 Å². The second-order valence-electron chi connectivity index (χ2n) is 16.0. The summed E-state index contributed by atoms with van der Waals surface area (Å²) in [7, 11) is 0. The third-order valence-corrected chi connectivity index (χ3v) is 13.6. The highest BCUT2D eigenvalue weighted by molar-refractivity contribution is 6.43. The van der Waals surface area contributed by atoms with E-state index in [-0.39, 0.29) is 75.8 Å². The van der Waals surface area contributed by atoms with Gasteiger partial charge in [-0.05, 0) is 74.8 Å². The Morgan fingerprint density at radius 3 is 2.61 bits per heavy atom. The highest BCUT2D eigenvalue weighted by Crippen LogP contribution is 2.54. The van der Waals surface area contributed by atoms with Crippen molar-refractivity contribution in [1.82, 2.24) is 29.7 Å². The van der Waals surface area contributed by atoms with E-state index in [1.807, 2.05) is 17.9 Å². The summed E-state index contributed by atoms with van der Waals surface area (Å²) in [6.45, 7) is 3.38. The van der Waals surface area contributed by atoms with Crippen molar-refractivity contribution in [2.75, 3.05) is 24.5 Å². The Hall–Kier alpha value is -4.51. The van der Waals surface area contributed by atoms with E-state index in [0.29, 0.717) is 47.6 Å². The summed E-state index contributed by atoms with van der Waals surface area (Å²) in [4.78, 5) is 31.3. The van der Waals surface area contributed by atoms with Gasteiger partial charge in [0.1, 0.15) is 11.2 Å². The van der Waals surface area contributed by atoms with E-state index < -0.39 is 23.7 Å². The molecular weight excluding hydrogens is 767 g/mol. The zero-order valence-corrected chi connectivity index (χ0v) is 31.8. The molecular formula is C41H36Cl2F4N8O. The van der Waals surface area contributed by atoms with Gasteiger partial charge in [-0.1, -0.05) is 35.3 Å². The van der Waals surface area contributed by atoms with Crippen LogP contribution in [0, 0.1) is 41.8 Å². The molecule has 0 spiro atoms. The second kappa shape index (κ2) is 13.0. The molecule has 6 fully saturated rings. The molecule has 5 aromatic rings. The van der Waals surface area contributed by atoms with Crippen LogP contribution in [0.3, 0.4) is 0 Å². The molecule has 9 nitrogen and oxygen atoms in total. The van der Waals surface area contributed by atoms with Crippen LogP contribution in [-0.2, 0) is 17.4 Å². The lowest BCUT2D eigenvalue weighted by atomic mass is 9.79. The van der Waals surface area contributed by atoms with Gasteiger partial charge >= 0.3 is 6.18 Å². The summed E-state index contributed by atoms with van der Waals surface area (Å²) in [5.41, 5.74) is 2.84. The molecule has 4 saturated heterocycles. The number of amides is 1. The number of benzene rings is 2. The summed E-state index contributed by atoms with van der Waals surface area (Å²) in [6.07, 6.45) is 0.219.